The van der Waals surface area contributed by atoms with Crippen LogP contribution in [-0.2, 0) is 9.53 Å². The number of benzene rings is 1. The van der Waals surface area contributed by atoms with Gasteiger partial charge in [0, 0.05) is 26.2 Å². The topological polar surface area (TPSA) is 85.1 Å². The molecule has 0 aromatic heterocycles. The summed E-state index contributed by atoms with van der Waals surface area (Å²) in [5.41, 5.74) is 5.38. The Kier molecular flexibility index (Phi) is 5.24. The van der Waals surface area contributed by atoms with Crippen LogP contribution in [0.2, 0.25) is 0 Å². The zero-order valence-electron chi connectivity index (χ0n) is 14.6. The number of para-hydroxylation sites is 1. The van der Waals surface area contributed by atoms with Crippen molar-refractivity contribution >= 4 is 11.8 Å². The van der Waals surface area contributed by atoms with Crippen molar-refractivity contribution in [1.29, 1.82) is 0 Å². The maximum absolute atomic E-state index is 12.6. The number of ether oxygens (including phenoxy) is 2. The van der Waals surface area contributed by atoms with Gasteiger partial charge in [-0.15, -0.1) is 0 Å². The third-order valence-corrected chi connectivity index (χ3v) is 5.00. The number of morpholine rings is 1. The standard InChI is InChI=1S/C18H25N3O4/c1-20-8-6-18(7-9-20)13-21(10-11-25-18)16(22)12-24-15-5-3-2-4-14(15)17(19)23/h2-5H,6-13H2,1H3,(H2,19,23). The largest absolute Gasteiger partial charge is 0.483 e. The fourth-order valence-corrected chi connectivity index (χ4v) is 3.41. The van der Waals surface area contributed by atoms with Gasteiger partial charge in [0.15, 0.2) is 6.61 Å². The van der Waals surface area contributed by atoms with E-state index in [9.17, 15) is 9.59 Å². The molecule has 0 atom stereocenters. The van der Waals surface area contributed by atoms with E-state index in [2.05, 4.69) is 11.9 Å². The Hall–Kier alpha value is -2.12. The smallest absolute Gasteiger partial charge is 0.260 e. The maximum atomic E-state index is 12.6. The Morgan fingerprint density at radius 3 is 2.68 bits per heavy atom. The summed E-state index contributed by atoms with van der Waals surface area (Å²) < 4.78 is 11.6. The van der Waals surface area contributed by atoms with Crippen LogP contribution in [0.3, 0.4) is 0 Å². The molecule has 2 saturated heterocycles. The summed E-state index contributed by atoms with van der Waals surface area (Å²) in [6.07, 6.45) is 1.86. The minimum absolute atomic E-state index is 0.0964. The van der Waals surface area contributed by atoms with Gasteiger partial charge < -0.3 is 25.0 Å². The number of rotatable bonds is 4. The molecule has 7 nitrogen and oxygen atoms in total. The van der Waals surface area contributed by atoms with Crippen molar-refractivity contribution in [1.82, 2.24) is 9.80 Å². The predicted molar refractivity (Wildman–Crippen MR) is 92.4 cm³/mol. The predicted octanol–water partition coefficient (Wildman–Crippen LogP) is 0.488. The highest BCUT2D eigenvalue weighted by Crippen LogP contribution is 2.29. The van der Waals surface area contributed by atoms with Gasteiger partial charge >= 0.3 is 0 Å². The molecule has 1 aromatic carbocycles. The van der Waals surface area contributed by atoms with Crippen LogP contribution in [0.5, 0.6) is 5.75 Å². The van der Waals surface area contributed by atoms with E-state index in [4.69, 9.17) is 15.2 Å². The average Bonchev–Trinajstić information content (AvgIpc) is 2.63. The molecule has 1 spiro atoms. The number of nitrogens with zero attached hydrogens (tertiary/aromatic N) is 2. The van der Waals surface area contributed by atoms with Gasteiger partial charge in [0.1, 0.15) is 5.75 Å². The van der Waals surface area contributed by atoms with Crippen molar-refractivity contribution in [3.05, 3.63) is 29.8 Å². The molecule has 0 bridgehead atoms. The highest BCUT2D eigenvalue weighted by molar-refractivity contribution is 5.95. The first-order valence-electron chi connectivity index (χ1n) is 8.61. The summed E-state index contributed by atoms with van der Waals surface area (Å²) in [5, 5.41) is 0. The van der Waals surface area contributed by atoms with E-state index >= 15 is 0 Å². The summed E-state index contributed by atoms with van der Waals surface area (Å²) in [7, 11) is 2.10. The number of primary amides is 1. The first kappa shape index (κ1) is 17.7. The second kappa shape index (κ2) is 7.41. The number of carbonyl (C=O) groups excluding carboxylic acids is 2. The molecule has 7 heteroatoms. The minimum atomic E-state index is -0.570. The Balaban J connectivity index is 1.59. The van der Waals surface area contributed by atoms with Crippen molar-refractivity contribution < 1.29 is 19.1 Å². The van der Waals surface area contributed by atoms with Crippen molar-refractivity contribution in [2.45, 2.75) is 18.4 Å². The molecule has 2 heterocycles. The molecule has 2 fully saturated rings. The van der Waals surface area contributed by atoms with Gasteiger partial charge in [0.2, 0.25) is 0 Å². The molecule has 0 saturated carbocycles. The SMILES string of the molecule is CN1CCC2(CC1)CN(C(=O)COc1ccccc1C(N)=O)CCO2. The molecule has 1 aromatic rings. The maximum Gasteiger partial charge on any atom is 0.260 e. The number of carbonyl (C=O) groups is 2. The molecule has 2 aliphatic heterocycles. The number of hydrogen-bond donors (Lipinski definition) is 1. The fourth-order valence-electron chi connectivity index (χ4n) is 3.41. The molecule has 136 valence electrons. The van der Waals surface area contributed by atoms with Crippen LogP contribution in [0.15, 0.2) is 24.3 Å². The average molecular weight is 347 g/mol. The molecule has 0 aliphatic carbocycles. The molecule has 0 unspecified atom stereocenters. The van der Waals surface area contributed by atoms with Crippen LogP contribution < -0.4 is 10.5 Å². The van der Waals surface area contributed by atoms with Crippen LogP contribution in [0.1, 0.15) is 23.2 Å². The highest BCUT2D eigenvalue weighted by Gasteiger charge is 2.40. The lowest BCUT2D eigenvalue weighted by Crippen LogP contribution is -2.58. The van der Waals surface area contributed by atoms with Crippen LogP contribution >= 0.6 is 0 Å². The Labute approximate surface area is 147 Å². The Morgan fingerprint density at radius 1 is 1.24 bits per heavy atom. The molecular weight excluding hydrogens is 322 g/mol. The fraction of sp³-hybridized carbons (Fsp3) is 0.556. The number of nitrogens with two attached hydrogens (primary N) is 1. The van der Waals surface area contributed by atoms with Gasteiger partial charge in [-0.3, -0.25) is 9.59 Å². The van der Waals surface area contributed by atoms with E-state index in [0.717, 1.165) is 25.9 Å². The summed E-state index contributed by atoms with van der Waals surface area (Å²) >= 11 is 0. The van der Waals surface area contributed by atoms with Crippen LogP contribution in [0.4, 0.5) is 0 Å². The summed E-state index contributed by atoms with van der Waals surface area (Å²) in [6.45, 7) is 3.56. The molecule has 0 radical (unpaired) electrons. The number of amides is 2. The van der Waals surface area contributed by atoms with E-state index in [1.807, 2.05) is 4.90 Å². The lowest BCUT2D eigenvalue weighted by atomic mass is 9.89. The lowest BCUT2D eigenvalue weighted by Gasteiger charge is -2.46. The second-order valence-corrected chi connectivity index (χ2v) is 6.80. The van der Waals surface area contributed by atoms with E-state index < -0.39 is 5.91 Å². The quantitative estimate of drug-likeness (QED) is 0.857. The van der Waals surface area contributed by atoms with Crippen molar-refractivity contribution in [2.24, 2.45) is 5.73 Å². The van der Waals surface area contributed by atoms with Gasteiger partial charge in [0.25, 0.3) is 11.8 Å². The van der Waals surface area contributed by atoms with Gasteiger partial charge in [-0.05, 0) is 32.0 Å². The molecule has 2 N–H and O–H groups in total. The first-order chi connectivity index (χ1) is 12.0. The zero-order valence-corrected chi connectivity index (χ0v) is 14.6. The summed E-state index contributed by atoms with van der Waals surface area (Å²) in [6, 6.07) is 6.69. The molecule has 2 amide bonds. The van der Waals surface area contributed by atoms with Gasteiger partial charge in [-0.2, -0.15) is 0 Å². The molecule has 3 rings (SSSR count). The normalized spacial score (nSPS) is 20.4. The van der Waals surface area contributed by atoms with Gasteiger partial charge in [-0.1, -0.05) is 12.1 Å². The number of piperidine rings is 1. The highest BCUT2D eigenvalue weighted by atomic mass is 16.5. The van der Waals surface area contributed by atoms with Crippen molar-refractivity contribution in [2.75, 3.05) is 46.4 Å². The van der Waals surface area contributed by atoms with Crippen molar-refractivity contribution in [3.8, 4) is 5.75 Å². The van der Waals surface area contributed by atoms with Crippen LogP contribution in [0, 0.1) is 0 Å². The molecule has 25 heavy (non-hydrogen) atoms. The first-order valence-corrected chi connectivity index (χ1v) is 8.61. The summed E-state index contributed by atoms with van der Waals surface area (Å²) in [5.74, 6) is -0.328. The minimum Gasteiger partial charge on any atom is -0.483 e. The van der Waals surface area contributed by atoms with Crippen LogP contribution in [-0.4, -0.2) is 73.7 Å². The number of likely N-dealkylation sites (tertiary alicyclic amines) is 1. The third-order valence-electron chi connectivity index (χ3n) is 5.00. The Bertz CT molecular complexity index is 641. The second-order valence-electron chi connectivity index (χ2n) is 6.80. The molecular formula is C18H25N3O4. The van der Waals surface area contributed by atoms with Crippen molar-refractivity contribution in [3.63, 3.8) is 0 Å². The van der Waals surface area contributed by atoms with E-state index in [1.165, 1.54) is 0 Å². The Morgan fingerprint density at radius 2 is 1.96 bits per heavy atom. The van der Waals surface area contributed by atoms with E-state index in [1.54, 1.807) is 24.3 Å². The van der Waals surface area contributed by atoms with E-state index in [0.29, 0.717) is 25.4 Å². The van der Waals surface area contributed by atoms with Gasteiger partial charge in [0.05, 0.1) is 17.8 Å². The van der Waals surface area contributed by atoms with Gasteiger partial charge in [-0.25, -0.2) is 0 Å². The zero-order chi connectivity index (χ0) is 17.9. The van der Waals surface area contributed by atoms with Crippen LogP contribution in [0.25, 0.3) is 0 Å². The van der Waals surface area contributed by atoms with E-state index in [-0.39, 0.29) is 23.7 Å². The lowest BCUT2D eigenvalue weighted by molar-refractivity contribution is -0.160. The number of hydrogen-bond acceptors (Lipinski definition) is 5. The third kappa shape index (κ3) is 4.11. The molecule has 2 aliphatic rings. The summed E-state index contributed by atoms with van der Waals surface area (Å²) in [4.78, 5) is 28.1. The monoisotopic (exact) mass is 347 g/mol.